The van der Waals surface area contributed by atoms with Crippen molar-refractivity contribution in [2.75, 3.05) is 0 Å². The zero-order valence-corrected chi connectivity index (χ0v) is 22.8. The third-order valence-corrected chi connectivity index (χ3v) is 8.60. The molecule has 0 radical (unpaired) electrons. The summed E-state index contributed by atoms with van der Waals surface area (Å²) in [5.41, 5.74) is 10.7. The van der Waals surface area contributed by atoms with Gasteiger partial charge in [-0.15, -0.1) is 0 Å². The molecule has 9 rings (SSSR count). The molecule has 0 unspecified atom stereocenters. The van der Waals surface area contributed by atoms with Crippen molar-refractivity contribution in [1.29, 1.82) is 0 Å². The molecule has 2 heterocycles. The van der Waals surface area contributed by atoms with Crippen LogP contribution in [0.25, 0.3) is 71.6 Å². The second-order valence-corrected chi connectivity index (χ2v) is 10.9. The molecule has 0 saturated heterocycles. The molecule has 0 atom stereocenters. The number of nitrogens with zero attached hydrogens (tertiary/aromatic N) is 1. The number of fused-ring (bicyclic) bond motifs is 5. The maximum Gasteiger partial charge on any atom is 0.135 e. The van der Waals surface area contributed by atoms with Gasteiger partial charge in [0.05, 0.1) is 11.0 Å². The average Bonchev–Trinajstić information content (AvgIpc) is 3.39. The Balaban J connectivity index is 1.22. The van der Waals surface area contributed by atoms with Crippen LogP contribution in [0.3, 0.4) is 0 Å². The van der Waals surface area contributed by atoms with Gasteiger partial charge in [-0.25, -0.2) is 0 Å². The van der Waals surface area contributed by atoms with Gasteiger partial charge in [-0.05, 0) is 81.7 Å². The minimum atomic E-state index is 0.896. The van der Waals surface area contributed by atoms with Crippen molar-refractivity contribution in [2.45, 2.75) is 0 Å². The summed E-state index contributed by atoms with van der Waals surface area (Å²) in [6, 6.07) is 54.2. The molecule has 0 bridgehead atoms. The Labute approximate surface area is 243 Å². The predicted molar refractivity (Wildman–Crippen MR) is 175 cm³/mol. The molecule has 7 aromatic carbocycles. The summed E-state index contributed by atoms with van der Waals surface area (Å²) in [5, 5.41) is 4.89. The van der Waals surface area contributed by atoms with E-state index in [1.165, 1.54) is 66.1 Å². The van der Waals surface area contributed by atoms with Crippen molar-refractivity contribution in [2.24, 2.45) is 0 Å². The van der Waals surface area contributed by atoms with Crippen LogP contribution in [0.2, 0.25) is 0 Å². The highest BCUT2D eigenvalue weighted by molar-refractivity contribution is 6.12. The fraction of sp³-hybridized carbons (Fsp3) is 0. The molecule has 42 heavy (non-hydrogen) atoms. The van der Waals surface area contributed by atoms with Gasteiger partial charge in [-0.1, -0.05) is 103 Å². The highest BCUT2D eigenvalue weighted by Gasteiger charge is 2.22. The van der Waals surface area contributed by atoms with Crippen molar-refractivity contribution in [3.05, 3.63) is 152 Å². The summed E-state index contributed by atoms with van der Waals surface area (Å²) in [7, 11) is 0. The molecule has 0 saturated carbocycles. The lowest BCUT2D eigenvalue weighted by Gasteiger charge is -2.23. The van der Waals surface area contributed by atoms with E-state index in [0.29, 0.717) is 0 Å². The van der Waals surface area contributed by atoms with Crippen molar-refractivity contribution in [1.82, 2.24) is 4.57 Å². The first-order valence-electron chi connectivity index (χ1n) is 14.4. The summed E-state index contributed by atoms with van der Waals surface area (Å²) in [5.74, 6) is 1.81. The molecule has 2 heteroatoms. The van der Waals surface area contributed by atoms with Crippen LogP contribution in [0.4, 0.5) is 0 Å². The van der Waals surface area contributed by atoms with E-state index in [9.17, 15) is 0 Å². The van der Waals surface area contributed by atoms with Crippen LogP contribution < -0.4 is 4.74 Å². The summed E-state index contributed by atoms with van der Waals surface area (Å²) in [6.45, 7) is 0. The highest BCUT2D eigenvalue weighted by atomic mass is 16.5. The Morgan fingerprint density at radius 3 is 1.95 bits per heavy atom. The normalized spacial score (nSPS) is 12.0. The van der Waals surface area contributed by atoms with E-state index in [2.05, 4.69) is 156 Å². The first kappa shape index (κ1) is 23.1. The second-order valence-electron chi connectivity index (χ2n) is 10.9. The molecule has 0 fully saturated rings. The number of hydrogen-bond donors (Lipinski definition) is 0. The number of rotatable bonds is 3. The van der Waals surface area contributed by atoms with Crippen LogP contribution in [0, 0.1) is 0 Å². The van der Waals surface area contributed by atoms with Gasteiger partial charge < -0.3 is 9.30 Å². The van der Waals surface area contributed by atoms with E-state index in [1.54, 1.807) is 0 Å². The summed E-state index contributed by atoms with van der Waals surface area (Å²) in [4.78, 5) is 0. The molecule has 0 aliphatic carbocycles. The van der Waals surface area contributed by atoms with Crippen molar-refractivity contribution in [3.8, 4) is 50.6 Å². The predicted octanol–water partition coefficient (Wildman–Crippen LogP) is 11.0. The molecule has 196 valence electrons. The number of para-hydroxylation sites is 2. The van der Waals surface area contributed by atoms with E-state index in [0.717, 1.165) is 17.1 Å². The Bertz CT molecular complexity index is 2310. The Kier molecular flexibility index (Phi) is 4.93. The molecule has 0 N–H and O–H groups in total. The average molecular weight is 536 g/mol. The molecule has 2 nitrogen and oxygen atoms in total. The van der Waals surface area contributed by atoms with Gasteiger partial charge in [0, 0.05) is 27.4 Å². The van der Waals surface area contributed by atoms with Gasteiger partial charge in [0.25, 0.3) is 0 Å². The van der Waals surface area contributed by atoms with Crippen LogP contribution in [0.5, 0.6) is 11.5 Å². The van der Waals surface area contributed by atoms with E-state index < -0.39 is 0 Å². The van der Waals surface area contributed by atoms with E-state index in [-0.39, 0.29) is 0 Å². The van der Waals surface area contributed by atoms with Crippen LogP contribution in [-0.2, 0) is 0 Å². The zero-order chi connectivity index (χ0) is 27.6. The highest BCUT2D eigenvalue weighted by Crippen LogP contribution is 2.49. The molecular weight excluding hydrogens is 510 g/mol. The topological polar surface area (TPSA) is 14.2 Å². The van der Waals surface area contributed by atoms with Gasteiger partial charge in [-0.3, -0.25) is 0 Å². The first-order chi connectivity index (χ1) is 20.8. The van der Waals surface area contributed by atoms with Crippen LogP contribution in [-0.4, -0.2) is 4.57 Å². The van der Waals surface area contributed by atoms with Crippen LogP contribution in [0.15, 0.2) is 152 Å². The number of benzene rings is 7. The van der Waals surface area contributed by atoms with Crippen LogP contribution in [0.1, 0.15) is 0 Å². The molecule has 0 spiro atoms. The lowest BCUT2D eigenvalue weighted by molar-refractivity contribution is 0.487. The largest absolute Gasteiger partial charge is 0.456 e. The first-order valence-corrected chi connectivity index (χ1v) is 14.4. The minimum absolute atomic E-state index is 0.896. The quantitative estimate of drug-likeness (QED) is 0.219. The van der Waals surface area contributed by atoms with Crippen molar-refractivity contribution in [3.63, 3.8) is 0 Å². The molecule has 8 aromatic rings. The summed E-state index contributed by atoms with van der Waals surface area (Å²) >= 11 is 0. The molecule has 1 aromatic heterocycles. The molecular formula is C40H25NO. The second kappa shape index (κ2) is 8.95. The third kappa shape index (κ3) is 3.39. The number of aromatic nitrogens is 1. The fourth-order valence-electron chi connectivity index (χ4n) is 6.69. The van der Waals surface area contributed by atoms with E-state index in [4.69, 9.17) is 4.74 Å². The van der Waals surface area contributed by atoms with Gasteiger partial charge >= 0.3 is 0 Å². The SMILES string of the molecule is c1ccc(-c2ccc3c4c(cccc24)Oc2ccc(-c4ccc5c(c4)c4ccccc4n5-c4ccccc4)cc2-3)cc1. The monoisotopic (exact) mass is 535 g/mol. The van der Waals surface area contributed by atoms with Crippen molar-refractivity contribution < 1.29 is 4.74 Å². The number of hydrogen-bond acceptors (Lipinski definition) is 1. The maximum atomic E-state index is 6.51. The molecule has 1 aliphatic heterocycles. The van der Waals surface area contributed by atoms with E-state index >= 15 is 0 Å². The van der Waals surface area contributed by atoms with Gasteiger partial charge in [0.1, 0.15) is 11.5 Å². The van der Waals surface area contributed by atoms with Gasteiger partial charge in [-0.2, -0.15) is 0 Å². The lowest BCUT2D eigenvalue weighted by atomic mass is 9.88. The molecule has 1 aliphatic rings. The van der Waals surface area contributed by atoms with Crippen LogP contribution >= 0.6 is 0 Å². The van der Waals surface area contributed by atoms with Gasteiger partial charge in [0.2, 0.25) is 0 Å². The number of ether oxygens (including phenoxy) is 1. The lowest BCUT2D eigenvalue weighted by Crippen LogP contribution is -1.98. The Morgan fingerprint density at radius 1 is 0.381 bits per heavy atom. The molecule has 0 amide bonds. The van der Waals surface area contributed by atoms with E-state index in [1.807, 2.05) is 0 Å². The summed E-state index contributed by atoms with van der Waals surface area (Å²) < 4.78 is 8.87. The fourth-order valence-corrected chi connectivity index (χ4v) is 6.69. The Morgan fingerprint density at radius 2 is 1.07 bits per heavy atom. The zero-order valence-electron chi connectivity index (χ0n) is 22.8. The standard InChI is InChI=1S/C40H25NO/c1-3-10-26(11-4-1)30-20-21-33-35-25-28(19-23-38(35)42-39-17-9-15-32(30)40(33)39)27-18-22-37-34(24-27)31-14-7-8-16-36(31)41(37)29-12-5-2-6-13-29/h1-25H. The smallest absolute Gasteiger partial charge is 0.135 e. The van der Waals surface area contributed by atoms with Crippen molar-refractivity contribution >= 4 is 32.6 Å². The summed E-state index contributed by atoms with van der Waals surface area (Å²) in [6.07, 6.45) is 0. The third-order valence-electron chi connectivity index (χ3n) is 8.60. The minimum Gasteiger partial charge on any atom is -0.456 e. The van der Waals surface area contributed by atoms with Gasteiger partial charge in [0.15, 0.2) is 0 Å². The maximum absolute atomic E-state index is 6.51. The Hall–Kier alpha value is -5.60.